The number of aromatic amines is 1. The molecule has 5 rings (SSSR count). The van der Waals surface area contributed by atoms with Gasteiger partial charge in [-0.25, -0.2) is 0 Å². The lowest BCUT2D eigenvalue weighted by Gasteiger charge is -2.12. The Bertz CT molecular complexity index is 1030. The van der Waals surface area contributed by atoms with Crippen LogP contribution < -0.4 is 0 Å². The van der Waals surface area contributed by atoms with Gasteiger partial charge in [-0.05, 0) is 46.9 Å². The van der Waals surface area contributed by atoms with Crippen molar-refractivity contribution in [3.8, 4) is 0 Å². The fraction of sp³-hybridized carbons (Fsp3) is 0.100. The summed E-state index contributed by atoms with van der Waals surface area (Å²) >= 11 is 0. The number of allylic oxidation sites excluding steroid dienone is 1. The number of H-pyrrole nitrogens is 1. The van der Waals surface area contributed by atoms with Crippen molar-refractivity contribution in [1.82, 2.24) is 4.98 Å². The Labute approximate surface area is 122 Å². The molecule has 0 saturated heterocycles. The molecule has 1 nitrogen and oxygen atoms in total. The second-order valence-corrected chi connectivity index (χ2v) is 5.83. The molecule has 0 aliphatic heterocycles. The number of hydrogen-bond acceptors (Lipinski definition) is 0. The molecule has 3 aromatic carbocycles. The van der Waals surface area contributed by atoms with Crippen molar-refractivity contribution in [3.63, 3.8) is 0 Å². The molecular formula is C20H15N. The van der Waals surface area contributed by atoms with Crippen LogP contribution in [-0.4, -0.2) is 4.98 Å². The first-order chi connectivity index (χ1) is 10.4. The highest BCUT2D eigenvalue weighted by molar-refractivity contribution is 6.21. The zero-order valence-electron chi connectivity index (χ0n) is 11.7. The summed E-state index contributed by atoms with van der Waals surface area (Å²) in [5.74, 6) is 0. The van der Waals surface area contributed by atoms with E-state index in [1.54, 1.807) is 0 Å². The highest BCUT2D eigenvalue weighted by Gasteiger charge is 2.15. The highest BCUT2D eigenvalue weighted by atomic mass is 14.7. The second-order valence-electron chi connectivity index (χ2n) is 5.83. The van der Waals surface area contributed by atoms with Gasteiger partial charge in [-0.15, -0.1) is 0 Å². The van der Waals surface area contributed by atoms with Crippen molar-refractivity contribution in [2.75, 3.05) is 0 Å². The monoisotopic (exact) mass is 269 g/mol. The number of aryl methyl sites for hydroxylation is 1. The van der Waals surface area contributed by atoms with Crippen LogP contribution in [0.25, 0.3) is 38.7 Å². The molecule has 0 radical (unpaired) electrons. The van der Waals surface area contributed by atoms with Crippen LogP contribution in [0.2, 0.25) is 0 Å². The summed E-state index contributed by atoms with van der Waals surface area (Å²) in [6.07, 6.45) is 6.83. The molecule has 1 N–H and O–H groups in total. The Hall–Kier alpha value is -2.54. The van der Waals surface area contributed by atoms with Gasteiger partial charge in [-0.1, -0.05) is 48.6 Å². The lowest BCUT2D eigenvalue weighted by Crippen LogP contribution is -1.94. The maximum atomic E-state index is 3.60. The van der Waals surface area contributed by atoms with E-state index in [2.05, 4.69) is 65.7 Å². The van der Waals surface area contributed by atoms with Gasteiger partial charge in [0.25, 0.3) is 0 Å². The molecule has 0 unspecified atom stereocenters. The zero-order valence-corrected chi connectivity index (χ0v) is 11.7. The standard InChI is InChI=1S/C20H15N/c1-3-7-15-13(5-1)9-11-17-19(15)20-16-8-4-2-6-14(16)10-12-18(20)21-17/h1-3,5-7,9-12,21H,4,8H2. The fourth-order valence-electron chi connectivity index (χ4n) is 3.71. The van der Waals surface area contributed by atoms with Crippen LogP contribution in [0.5, 0.6) is 0 Å². The number of aromatic nitrogens is 1. The van der Waals surface area contributed by atoms with Crippen LogP contribution >= 0.6 is 0 Å². The van der Waals surface area contributed by atoms with Crippen LogP contribution in [0.3, 0.4) is 0 Å². The van der Waals surface area contributed by atoms with Crippen LogP contribution in [0.4, 0.5) is 0 Å². The number of fused-ring (bicyclic) bond motifs is 7. The Morgan fingerprint density at radius 3 is 2.67 bits per heavy atom. The number of nitrogens with one attached hydrogen (secondary N) is 1. The third kappa shape index (κ3) is 1.46. The lowest BCUT2D eigenvalue weighted by molar-refractivity contribution is 0.998. The molecule has 0 atom stereocenters. The smallest absolute Gasteiger partial charge is 0.0471 e. The summed E-state index contributed by atoms with van der Waals surface area (Å²) in [6.45, 7) is 0. The predicted octanol–water partition coefficient (Wildman–Crippen LogP) is 5.43. The molecule has 0 spiro atoms. The molecule has 1 heteroatoms. The first-order valence-electron chi connectivity index (χ1n) is 7.53. The molecule has 1 aromatic heterocycles. The van der Waals surface area contributed by atoms with Crippen LogP contribution in [0.1, 0.15) is 17.5 Å². The van der Waals surface area contributed by atoms with Gasteiger partial charge in [0, 0.05) is 21.8 Å². The SMILES string of the molecule is C1=Cc2ccc3[nH]c4ccc5ccccc5c4c3c2CC1. The summed E-state index contributed by atoms with van der Waals surface area (Å²) in [4.78, 5) is 3.60. The van der Waals surface area contributed by atoms with E-state index >= 15 is 0 Å². The third-order valence-corrected chi connectivity index (χ3v) is 4.66. The normalized spacial score (nSPS) is 14.1. The maximum absolute atomic E-state index is 3.60. The second kappa shape index (κ2) is 3.98. The van der Waals surface area contributed by atoms with E-state index in [9.17, 15) is 0 Å². The summed E-state index contributed by atoms with van der Waals surface area (Å²) in [5, 5.41) is 5.47. The molecule has 1 aliphatic rings. The van der Waals surface area contributed by atoms with Crippen molar-refractivity contribution in [1.29, 1.82) is 0 Å². The van der Waals surface area contributed by atoms with Gasteiger partial charge in [0.15, 0.2) is 0 Å². The minimum atomic E-state index is 1.14. The summed E-state index contributed by atoms with van der Waals surface area (Å²) in [6, 6.07) is 17.6. The molecular weight excluding hydrogens is 254 g/mol. The first kappa shape index (κ1) is 11.2. The lowest BCUT2D eigenvalue weighted by atomic mass is 9.92. The van der Waals surface area contributed by atoms with Crippen molar-refractivity contribution in [3.05, 3.63) is 65.7 Å². The van der Waals surface area contributed by atoms with E-state index in [1.807, 2.05) is 0 Å². The topological polar surface area (TPSA) is 15.8 Å². The quantitative estimate of drug-likeness (QED) is 0.438. The Balaban J connectivity index is 2.09. The van der Waals surface area contributed by atoms with Gasteiger partial charge >= 0.3 is 0 Å². The number of benzene rings is 3. The summed E-state index contributed by atoms with van der Waals surface area (Å²) in [7, 11) is 0. The molecule has 0 saturated carbocycles. The van der Waals surface area contributed by atoms with E-state index in [4.69, 9.17) is 0 Å². The van der Waals surface area contributed by atoms with E-state index in [1.165, 1.54) is 43.7 Å². The van der Waals surface area contributed by atoms with Gasteiger partial charge < -0.3 is 4.98 Å². The maximum Gasteiger partial charge on any atom is 0.0471 e. The summed E-state index contributed by atoms with van der Waals surface area (Å²) < 4.78 is 0. The minimum absolute atomic E-state index is 1.14. The predicted molar refractivity (Wildman–Crippen MR) is 90.7 cm³/mol. The number of hydrogen-bond donors (Lipinski definition) is 1. The average Bonchev–Trinajstić information content (AvgIpc) is 2.94. The van der Waals surface area contributed by atoms with Gasteiger partial charge in [-0.3, -0.25) is 0 Å². The molecule has 21 heavy (non-hydrogen) atoms. The van der Waals surface area contributed by atoms with Gasteiger partial charge in [0.05, 0.1) is 0 Å². The minimum Gasteiger partial charge on any atom is -0.354 e. The molecule has 1 aliphatic carbocycles. The van der Waals surface area contributed by atoms with Crippen LogP contribution in [-0.2, 0) is 6.42 Å². The zero-order chi connectivity index (χ0) is 13.8. The van der Waals surface area contributed by atoms with Crippen molar-refractivity contribution >= 4 is 38.7 Å². The Morgan fingerprint density at radius 2 is 1.67 bits per heavy atom. The first-order valence-corrected chi connectivity index (χ1v) is 7.53. The largest absolute Gasteiger partial charge is 0.354 e. The molecule has 1 heterocycles. The Morgan fingerprint density at radius 1 is 0.810 bits per heavy atom. The van der Waals surface area contributed by atoms with Crippen molar-refractivity contribution in [2.24, 2.45) is 0 Å². The van der Waals surface area contributed by atoms with E-state index in [0.717, 1.165) is 12.8 Å². The van der Waals surface area contributed by atoms with E-state index < -0.39 is 0 Å². The summed E-state index contributed by atoms with van der Waals surface area (Å²) in [5.41, 5.74) is 5.38. The van der Waals surface area contributed by atoms with Gasteiger partial charge in [-0.2, -0.15) is 0 Å². The van der Waals surface area contributed by atoms with E-state index in [-0.39, 0.29) is 0 Å². The molecule has 0 fully saturated rings. The third-order valence-electron chi connectivity index (χ3n) is 4.66. The van der Waals surface area contributed by atoms with E-state index in [0.29, 0.717) is 0 Å². The van der Waals surface area contributed by atoms with Gasteiger partial charge in [0.1, 0.15) is 0 Å². The van der Waals surface area contributed by atoms with Crippen LogP contribution in [0.15, 0.2) is 54.6 Å². The van der Waals surface area contributed by atoms with Gasteiger partial charge in [0.2, 0.25) is 0 Å². The van der Waals surface area contributed by atoms with Crippen molar-refractivity contribution in [2.45, 2.75) is 12.8 Å². The average molecular weight is 269 g/mol. The fourth-order valence-corrected chi connectivity index (χ4v) is 3.71. The number of rotatable bonds is 0. The highest BCUT2D eigenvalue weighted by Crippen LogP contribution is 2.37. The molecule has 0 amide bonds. The molecule has 0 bridgehead atoms. The Kier molecular flexibility index (Phi) is 2.12. The molecule has 4 aromatic rings. The van der Waals surface area contributed by atoms with Crippen LogP contribution in [0, 0.1) is 0 Å². The van der Waals surface area contributed by atoms with Crippen molar-refractivity contribution < 1.29 is 0 Å². The molecule has 100 valence electrons.